The van der Waals surface area contributed by atoms with Crippen molar-refractivity contribution in [2.75, 3.05) is 20.7 Å². The van der Waals surface area contributed by atoms with Gasteiger partial charge in [-0.15, -0.1) is 0 Å². The molecule has 0 aromatic heterocycles. The number of hydrogen-bond donors (Lipinski definition) is 1. The summed E-state index contributed by atoms with van der Waals surface area (Å²) in [7, 11) is 2.60. The van der Waals surface area contributed by atoms with Crippen LogP contribution < -0.4 is 0 Å². The van der Waals surface area contributed by atoms with E-state index in [-0.39, 0.29) is 6.54 Å². The lowest BCUT2D eigenvalue weighted by Crippen LogP contribution is -2.41. The van der Waals surface area contributed by atoms with Crippen LogP contribution in [0.25, 0.3) is 0 Å². The Morgan fingerprint density at radius 1 is 1.38 bits per heavy atom. The number of hydrogen-bond acceptors (Lipinski definition) is 5. The number of amides is 1. The molecule has 0 spiro atoms. The zero-order valence-electron chi connectivity index (χ0n) is 10.3. The van der Waals surface area contributed by atoms with Gasteiger partial charge in [0, 0.05) is 7.05 Å². The zero-order valence-corrected chi connectivity index (χ0v) is 10.3. The Bertz CT molecular complexity index is 258. The number of aliphatic hydroxyl groups is 1. The van der Waals surface area contributed by atoms with E-state index in [9.17, 15) is 14.7 Å². The summed E-state index contributed by atoms with van der Waals surface area (Å²) in [6.07, 6.45) is -1.96. The average Bonchev–Trinajstić information content (AvgIpc) is 2.13. The molecule has 0 fully saturated rings. The molecule has 0 radical (unpaired) electrons. The number of likely N-dealkylation sites (N-methyl/N-ethyl adjacent to an activating group) is 1. The van der Waals surface area contributed by atoms with E-state index in [4.69, 9.17) is 4.74 Å². The smallest absolute Gasteiger partial charge is 0.410 e. The molecule has 0 saturated heterocycles. The maximum absolute atomic E-state index is 11.4. The van der Waals surface area contributed by atoms with Gasteiger partial charge in [0.1, 0.15) is 5.60 Å². The Hall–Kier alpha value is -1.30. The molecule has 0 aromatic rings. The summed E-state index contributed by atoms with van der Waals surface area (Å²) >= 11 is 0. The minimum Gasteiger partial charge on any atom is -0.467 e. The van der Waals surface area contributed by atoms with Gasteiger partial charge in [0.15, 0.2) is 6.10 Å². The Kier molecular flexibility index (Phi) is 5.23. The lowest BCUT2D eigenvalue weighted by molar-refractivity contribution is -0.151. The molecule has 94 valence electrons. The molecule has 0 aliphatic carbocycles. The van der Waals surface area contributed by atoms with Gasteiger partial charge in [-0.2, -0.15) is 0 Å². The molecule has 0 aliphatic rings. The molecule has 0 saturated carbocycles. The highest BCUT2D eigenvalue weighted by Crippen LogP contribution is 2.09. The Morgan fingerprint density at radius 3 is 2.25 bits per heavy atom. The lowest BCUT2D eigenvalue weighted by atomic mass is 10.2. The Morgan fingerprint density at radius 2 is 1.88 bits per heavy atom. The van der Waals surface area contributed by atoms with E-state index in [2.05, 4.69) is 4.74 Å². The zero-order chi connectivity index (χ0) is 12.9. The third-order valence-electron chi connectivity index (χ3n) is 1.63. The van der Waals surface area contributed by atoms with Crippen LogP contribution in [0, 0.1) is 0 Å². The highest BCUT2D eigenvalue weighted by atomic mass is 16.6. The minimum atomic E-state index is -1.36. The van der Waals surface area contributed by atoms with Crippen LogP contribution in [-0.4, -0.2) is 54.5 Å². The van der Waals surface area contributed by atoms with Crippen molar-refractivity contribution in [1.29, 1.82) is 0 Å². The summed E-state index contributed by atoms with van der Waals surface area (Å²) in [5, 5.41) is 9.31. The third kappa shape index (κ3) is 5.55. The van der Waals surface area contributed by atoms with Crippen molar-refractivity contribution < 1.29 is 24.2 Å². The molecule has 0 aromatic carbocycles. The monoisotopic (exact) mass is 233 g/mol. The van der Waals surface area contributed by atoms with Crippen molar-refractivity contribution in [2.24, 2.45) is 0 Å². The molecular weight excluding hydrogens is 214 g/mol. The predicted octanol–water partition coefficient (Wildman–Crippen LogP) is 0.387. The SMILES string of the molecule is COC(=O)[C@@H](O)CN(C)C(=O)OC(C)(C)C. The maximum Gasteiger partial charge on any atom is 0.410 e. The fraction of sp³-hybridized carbons (Fsp3) is 0.800. The first kappa shape index (κ1) is 14.7. The number of nitrogens with zero attached hydrogens (tertiary/aromatic N) is 1. The molecule has 0 unspecified atom stereocenters. The van der Waals surface area contributed by atoms with Crippen molar-refractivity contribution in [3.8, 4) is 0 Å². The first-order valence-electron chi connectivity index (χ1n) is 4.87. The number of ether oxygens (including phenoxy) is 2. The van der Waals surface area contributed by atoms with Gasteiger partial charge in [-0.05, 0) is 20.8 Å². The van der Waals surface area contributed by atoms with Crippen LogP contribution in [-0.2, 0) is 14.3 Å². The van der Waals surface area contributed by atoms with E-state index in [1.165, 1.54) is 14.2 Å². The van der Waals surface area contributed by atoms with Gasteiger partial charge >= 0.3 is 12.1 Å². The fourth-order valence-corrected chi connectivity index (χ4v) is 0.884. The van der Waals surface area contributed by atoms with Crippen molar-refractivity contribution >= 4 is 12.1 Å². The topological polar surface area (TPSA) is 76.1 Å². The molecule has 6 heteroatoms. The highest BCUT2D eigenvalue weighted by molar-refractivity contribution is 5.75. The molecule has 0 rings (SSSR count). The molecular formula is C10H19NO5. The average molecular weight is 233 g/mol. The number of methoxy groups -OCH3 is 1. The summed E-state index contributed by atoms with van der Waals surface area (Å²) < 4.78 is 9.36. The first-order valence-corrected chi connectivity index (χ1v) is 4.87. The lowest BCUT2D eigenvalue weighted by Gasteiger charge is -2.25. The summed E-state index contributed by atoms with van der Waals surface area (Å²) in [5.41, 5.74) is -0.610. The van der Waals surface area contributed by atoms with Crippen molar-refractivity contribution in [3.63, 3.8) is 0 Å². The molecule has 0 bridgehead atoms. The molecule has 1 N–H and O–H groups in total. The van der Waals surface area contributed by atoms with E-state index in [1.807, 2.05) is 0 Å². The number of esters is 1. The van der Waals surface area contributed by atoms with Gasteiger partial charge in [-0.3, -0.25) is 0 Å². The van der Waals surface area contributed by atoms with Crippen molar-refractivity contribution in [1.82, 2.24) is 4.90 Å². The molecule has 16 heavy (non-hydrogen) atoms. The molecule has 0 aliphatic heterocycles. The molecule has 1 atom stereocenters. The van der Waals surface area contributed by atoms with Gasteiger partial charge in [-0.1, -0.05) is 0 Å². The van der Waals surface area contributed by atoms with Crippen molar-refractivity contribution in [2.45, 2.75) is 32.5 Å². The molecule has 6 nitrogen and oxygen atoms in total. The first-order chi connectivity index (χ1) is 7.17. The van der Waals surface area contributed by atoms with Gasteiger partial charge in [0.2, 0.25) is 0 Å². The Balaban J connectivity index is 4.21. The standard InChI is InChI=1S/C10H19NO5/c1-10(2,3)16-9(14)11(4)6-7(12)8(13)15-5/h7,12H,6H2,1-5H3/t7-/m0/s1. The van der Waals surface area contributed by atoms with E-state index in [0.717, 1.165) is 4.90 Å². The van der Waals surface area contributed by atoms with Crippen molar-refractivity contribution in [3.05, 3.63) is 0 Å². The van der Waals surface area contributed by atoms with Gasteiger partial charge < -0.3 is 19.5 Å². The van der Waals surface area contributed by atoms with Crippen LogP contribution in [0.2, 0.25) is 0 Å². The van der Waals surface area contributed by atoms with Crippen LogP contribution in [0.5, 0.6) is 0 Å². The van der Waals surface area contributed by atoms with Gasteiger partial charge in [0.25, 0.3) is 0 Å². The largest absolute Gasteiger partial charge is 0.467 e. The highest BCUT2D eigenvalue weighted by Gasteiger charge is 2.24. The second-order valence-electron chi connectivity index (χ2n) is 4.40. The molecule has 0 heterocycles. The number of aliphatic hydroxyl groups excluding tert-OH is 1. The number of carbonyl (C=O) groups excluding carboxylic acids is 2. The third-order valence-corrected chi connectivity index (χ3v) is 1.63. The second kappa shape index (κ2) is 5.69. The number of rotatable bonds is 3. The summed E-state index contributed by atoms with van der Waals surface area (Å²) in [4.78, 5) is 23.5. The van der Waals surface area contributed by atoms with Crippen LogP contribution in [0.1, 0.15) is 20.8 Å². The van der Waals surface area contributed by atoms with Crippen LogP contribution in [0.3, 0.4) is 0 Å². The summed E-state index contributed by atoms with van der Waals surface area (Å²) in [6.45, 7) is 5.03. The van der Waals surface area contributed by atoms with E-state index >= 15 is 0 Å². The number of carbonyl (C=O) groups is 2. The van der Waals surface area contributed by atoms with E-state index in [0.29, 0.717) is 0 Å². The van der Waals surface area contributed by atoms with Crippen LogP contribution in [0.4, 0.5) is 4.79 Å². The fourth-order valence-electron chi connectivity index (χ4n) is 0.884. The van der Waals surface area contributed by atoms with Gasteiger partial charge in [-0.25, -0.2) is 9.59 Å². The Labute approximate surface area is 95.1 Å². The predicted molar refractivity (Wildman–Crippen MR) is 56.9 cm³/mol. The van der Waals surface area contributed by atoms with E-state index in [1.54, 1.807) is 20.8 Å². The quantitative estimate of drug-likeness (QED) is 0.713. The minimum absolute atomic E-state index is 0.165. The summed E-state index contributed by atoms with van der Waals surface area (Å²) in [5.74, 6) is -0.782. The van der Waals surface area contributed by atoms with E-state index < -0.39 is 23.8 Å². The molecule has 1 amide bonds. The van der Waals surface area contributed by atoms with Gasteiger partial charge in [0.05, 0.1) is 13.7 Å². The van der Waals surface area contributed by atoms with Crippen LogP contribution in [0.15, 0.2) is 0 Å². The van der Waals surface area contributed by atoms with Crippen LogP contribution >= 0.6 is 0 Å². The summed E-state index contributed by atoms with van der Waals surface area (Å²) in [6, 6.07) is 0. The normalized spacial score (nSPS) is 12.9. The second-order valence-corrected chi connectivity index (χ2v) is 4.40. The maximum atomic E-state index is 11.4.